The normalized spacial score (nSPS) is 13.5. The third-order valence-corrected chi connectivity index (χ3v) is 9.10. The molecule has 270 valence electrons. The summed E-state index contributed by atoms with van der Waals surface area (Å²) in [5.41, 5.74) is 5.05. The van der Waals surface area contributed by atoms with E-state index in [0.29, 0.717) is 71.2 Å². The van der Waals surface area contributed by atoms with Crippen LogP contribution < -0.4 is 35.9 Å². The lowest BCUT2D eigenvalue weighted by atomic mass is 10.0. The molecule has 1 aromatic heterocycles. The zero-order valence-corrected chi connectivity index (χ0v) is 28.7. The number of ether oxygens (including phenoxy) is 3. The molecule has 15 heteroatoms. The number of nitrogens with one attached hydrogen (secondary N) is 3. The van der Waals surface area contributed by atoms with Gasteiger partial charge in [0.25, 0.3) is 0 Å². The fourth-order valence-corrected chi connectivity index (χ4v) is 5.65. The molecule has 6 N–H and O–H groups in total. The lowest BCUT2D eigenvalue weighted by Crippen LogP contribution is -2.35. The zero-order valence-electron chi connectivity index (χ0n) is 27.8. The van der Waals surface area contributed by atoms with Crippen molar-refractivity contribution in [3.05, 3.63) is 78.5 Å². The maximum atomic E-state index is 15.3. The number of aliphatic hydroxyl groups is 1. The average molecular weight is 724 g/mol. The number of hydrogen-bond donors (Lipinski definition) is 6. The van der Waals surface area contributed by atoms with Crippen molar-refractivity contribution < 1.29 is 42.5 Å². The summed E-state index contributed by atoms with van der Waals surface area (Å²) in [6.07, 6.45) is 4.47. The number of nitrogens with two attached hydrogens (primary N) is 1. The van der Waals surface area contributed by atoms with Gasteiger partial charge in [-0.25, -0.2) is 8.78 Å². The molecule has 1 aliphatic rings. The number of anilines is 2. The summed E-state index contributed by atoms with van der Waals surface area (Å²) >= 11 is 0.506. The van der Waals surface area contributed by atoms with E-state index in [1.54, 1.807) is 18.2 Å². The van der Waals surface area contributed by atoms with Gasteiger partial charge in [-0.2, -0.15) is 11.4 Å². The van der Waals surface area contributed by atoms with Crippen molar-refractivity contribution in [3.8, 4) is 23.0 Å². The first-order valence-corrected chi connectivity index (χ1v) is 17.3. The first-order chi connectivity index (χ1) is 24.6. The molecule has 0 radical (unpaired) electrons. The van der Waals surface area contributed by atoms with E-state index < -0.39 is 28.9 Å². The lowest BCUT2D eigenvalue weighted by molar-refractivity contribution is -0.131. The standard InChI is InChI=1S/C36H39F2N5O7S/c1-48-30-18-25-27(19-31(30)49-16-4-2-3-14-41-32(44)21-51-33(45)20-39)40-15-11-28(25)50-29-10-9-24(17-26(29)38)43-35(47)36(12-13-36)34(46)42-23-7-5-22(37)6-8-23/h5-11,15,17-19,45,51H,2-4,12-14,16,20-21,39H2,1H3,(H,41,44)(H,42,46)(H,43,47). The van der Waals surface area contributed by atoms with Gasteiger partial charge in [-0.05, 0) is 80.6 Å². The SMILES string of the molecule is COc1cc2c(Oc3ccc(NC(=O)C4(C(=O)Nc5ccc(F)cc5)CC4)cc3F)ccnc2cc1OCCCCCNC(=O)C[SH]=C(O)CN. The van der Waals surface area contributed by atoms with Crippen LogP contribution in [0.5, 0.6) is 23.0 Å². The van der Waals surface area contributed by atoms with Crippen molar-refractivity contribution >= 4 is 56.4 Å². The van der Waals surface area contributed by atoms with Crippen molar-refractivity contribution in [3.63, 3.8) is 0 Å². The molecule has 0 aliphatic heterocycles. The number of benzene rings is 3. The zero-order chi connectivity index (χ0) is 36.4. The predicted molar refractivity (Wildman–Crippen MR) is 193 cm³/mol. The van der Waals surface area contributed by atoms with Crippen LogP contribution in [0.2, 0.25) is 0 Å². The second-order valence-corrected chi connectivity index (χ2v) is 12.9. The fourth-order valence-electron chi connectivity index (χ4n) is 5.08. The van der Waals surface area contributed by atoms with Gasteiger partial charge in [0, 0.05) is 48.2 Å². The number of methoxy groups -OCH3 is 1. The Hall–Kier alpha value is -5.12. The van der Waals surface area contributed by atoms with E-state index in [1.807, 2.05) is 0 Å². The summed E-state index contributed by atoms with van der Waals surface area (Å²) in [6.45, 7) is 0.953. The Morgan fingerprint density at radius 2 is 1.63 bits per heavy atom. The molecular formula is C36H39F2N5O7S. The van der Waals surface area contributed by atoms with Crippen molar-refractivity contribution in [2.45, 2.75) is 32.1 Å². The number of carbonyl (C=O) groups excluding carboxylic acids is 3. The van der Waals surface area contributed by atoms with Crippen molar-refractivity contribution in [1.29, 1.82) is 0 Å². The van der Waals surface area contributed by atoms with Crippen LogP contribution in [0.1, 0.15) is 32.1 Å². The van der Waals surface area contributed by atoms with E-state index >= 15 is 4.39 Å². The highest BCUT2D eigenvalue weighted by atomic mass is 32.1. The number of pyridine rings is 1. The molecule has 0 spiro atoms. The number of rotatable bonds is 17. The van der Waals surface area contributed by atoms with Crippen molar-refractivity contribution in [2.75, 3.05) is 43.2 Å². The fraction of sp³-hybridized carbons (Fsp3) is 0.306. The number of aromatic nitrogens is 1. The number of unbranched alkanes of at least 4 members (excludes halogenated alkanes) is 2. The molecular weight excluding hydrogens is 684 g/mol. The molecule has 0 saturated heterocycles. The van der Waals surface area contributed by atoms with E-state index in [4.69, 9.17) is 19.9 Å². The molecule has 3 aromatic carbocycles. The van der Waals surface area contributed by atoms with Gasteiger partial charge in [0.15, 0.2) is 23.1 Å². The van der Waals surface area contributed by atoms with Crippen LogP contribution in [0.4, 0.5) is 20.2 Å². The van der Waals surface area contributed by atoms with E-state index in [1.165, 1.54) is 49.7 Å². The van der Waals surface area contributed by atoms with Crippen LogP contribution in [0, 0.1) is 17.0 Å². The molecule has 0 atom stereocenters. The third kappa shape index (κ3) is 9.78. The van der Waals surface area contributed by atoms with Crippen LogP contribution in [-0.4, -0.2) is 65.4 Å². The minimum Gasteiger partial charge on any atom is -0.493 e. The molecule has 1 aliphatic carbocycles. The minimum atomic E-state index is -1.30. The van der Waals surface area contributed by atoms with Gasteiger partial charge < -0.3 is 41.0 Å². The summed E-state index contributed by atoms with van der Waals surface area (Å²) in [4.78, 5) is 42.2. The van der Waals surface area contributed by atoms with E-state index in [9.17, 15) is 23.9 Å². The van der Waals surface area contributed by atoms with Crippen LogP contribution in [0.3, 0.4) is 0 Å². The molecule has 1 saturated carbocycles. The molecule has 51 heavy (non-hydrogen) atoms. The monoisotopic (exact) mass is 723 g/mol. The summed E-state index contributed by atoms with van der Waals surface area (Å²) < 4.78 is 45.9. The summed E-state index contributed by atoms with van der Waals surface area (Å²) in [7, 11) is 1.50. The number of nitrogens with zero attached hydrogens (tertiary/aromatic N) is 1. The van der Waals surface area contributed by atoms with E-state index in [2.05, 4.69) is 20.9 Å². The van der Waals surface area contributed by atoms with E-state index in [-0.39, 0.29) is 34.7 Å². The highest BCUT2D eigenvalue weighted by molar-refractivity contribution is 7.99. The minimum absolute atomic E-state index is 0.0369. The van der Waals surface area contributed by atoms with Gasteiger partial charge >= 0.3 is 0 Å². The smallest absolute Gasteiger partial charge is 0.240 e. The Morgan fingerprint density at radius 1 is 0.902 bits per heavy atom. The van der Waals surface area contributed by atoms with Gasteiger partial charge in [-0.15, -0.1) is 0 Å². The quantitative estimate of drug-likeness (QED) is 0.0359. The van der Waals surface area contributed by atoms with Gasteiger partial charge in [0.2, 0.25) is 17.7 Å². The number of fused-ring (bicyclic) bond motifs is 1. The summed E-state index contributed by atoms with van der Waals surface area (Å²) in [6, 6.07) is 14.2. The Bertz CT molecular complexity index is 1920. The molecule has 1 fully saturated rings. The summed E-state index contributed by atoms with van der Waals surface area (Å²) in [5, 5.41) is 18.1. The third-order valence-electron chi connectivity index (χ3n) is 8.11. The predicted octanol–water partition coefficient (Wildman–Crippen LogP) is 5.45. The second kappa shape index (κ2) is 17.2. The number of aliphatic hydroxyl groups excluding tert-OH is 1. The Kier molecular flexibility index (Phi) is 12.5. The molecule has 5 rings (SSSR count). The number of amides is 3. The van der Waals surface area contributed by atoms with Gasteiger partial charge in [0.1, 0.15) is 17.0 Å². The largest absolute Gasteiger partial charge is 0.493 e. The Morgan fingerprint density at radius 3 is 2.31 bits per heavy atom. The maximum Gasteiger partial charge on any atom is 0.240 e. The number of carbonyl (C=O) groups is 3. The molecule has 0 bridgehead atoms. The number of halogens is 2. The Labute approximate surface area is 296 Å². The first kappa shape index (κ1) is 37.1. The van der Waals surface area contributed by atoms with Gasteiger partial charge in [0.05, 0.1) is 30.0 Å². The van der Waals surface area contributed by atoms with Gasteiger partial charge in [-0.1, -0.05) is 0 Å². The van der Waals surface area contributed by atoms with Crippen molar-refractivity contribution in [1.82, 2.24) is 10.3 Å². The molecule has 0 unspecified atom stereocenters. The number of thiol groups is 1. The lowest BCUT2D eigenvalue weighted by Gasteiger charge is -2.16. The van der Waals surface area contributed by atoms with Crippen LogP contribution in [0.15, 0.2) is 66.9 Å². The Balaban J connectivity index is 1.15. The van der Waals surface area contributed by atoms with E-state index in [0.717, 1.165) is 25.3 Å². The molecule has 1 heterocycles. The summed E-state index contributed by atoms with van der Waals surface area (Å²) in [5.74, 6) is -1.14. The van der Waals surface area contributed by atoms with Crippen molar-refractivity contribution in [2.24, 2.45) is 11.1 Å². The maximum absolute atomic E-state index is 15.3. The first-order valence-electron chi connectivity index (χ1n) is 16.3. The highest BCUT2D eigenvalue weighted by Crippen LogP contribution is 2.47. The molecule has 3 amide bonds. The average Bonchev–Trinajstić information content (AvgIpc) is 3.95. The number of hydrogen-bond acceptors (Lipinski definition) is 8. The van der Waals surface area contributed by atoms with Crippen LogP contribution in [-0.2, 0) is 14.4 Å². The topological polar surface area (TPSA) is 174 Å². The van der Waals surface area contributed by atoms with Gasteiger partial charge in [-0.3, -0.25) is 19.4 Å². The van der Waals surface area contributed by atoms with Crippen LogP contribution in [0.25, 0.3) is 10.9 Å². The molecule has 4 aromatic rings. The second-order valence-electron chi connectivity index (χ2n) is 11.8. The van der Waals surface area contributed by atoms with Crippen LogP contribution >= 0.6 is 11.4 Å². The molecule has 12 nitrogen and oxygen atoms in total. The highest BCUT2D eigenvalue weighted by Gasteiger charge is 2.56.